The van der Waals surface area contributed by atoms with Crippen LogP contribution >= 0.6 is 22.7 Å². The number of rotatable bonds is 4. The molecule has 12 heteroatoms. The average molecular weight is 488 g/mol. The van der Waals surface area contributed by atoms with Crippen LogP contribution in [0.3, 0.4) is 0 Å². The summed E-state index contributed by atoms with van der Waals surface area (Å²) in [4.78, 5) is 19.4. The van der Waals surface area contributed by atoms with Crippen molar-refractivity contribution in [1.82, 2.24) is 14.2 Å². The van der Waals surface area contributed by atoms with E-state index in [0.29, 0.717) is 22.7 Å². The molecule has 0 saturated carbocycles. The molecule has 1 saturated heterocycles. The summed E-state index contributed by atoms with van der Waals surface area (Å²) >= 11 is 2.79. The van der Waals surface area contributed by atoms with Gasteiger partial charge in [0.25, 0.3) is 5.91 Å². The normalized spacial score (nSPS) is 15.4. The number of aryl methyl sites for hydroxylation is 1. The van der Waals surface area contributed by atoms with Crippen molar-refractivity contribution in [3.63, 3.8) is 0 Å². The number of thiazole rings is 1. The molecular weight excluding hydrogens is 471 g/mol. The number of piperazine rings is 1. The molecule has 1 aliphatic rings. The Kier molecular flexibility index (Phi) is 5.90. The Labute approximate surface area is 184 Å². The fraction of sp³-hybridized carbons (Fsp3) is 0.263. The Morgan fingerprint density at radius 2 is 1.77 bits per heavy atom. The Morgan fingerprint density at radius 1 is 1.06 bits per heavy atom. The molecule has 0 radical (unpaired) electrons. The van der Waals surface area contributed by atoms with Gasteiger partial charge in [0.15, 0.2) is 17.5 Å². The van der Waals surface area contributed by atoms with Crippen molar-refractivity contribution in [2.24, 2.45) is 0 Å². The number of aromatic nitrogens is 1. The summed E-state index contributed by atoms with van der Waals surface area (Å²) in [7, 11) is -4.37. The lowest BCUT2D eigenvalue weighted by atomic mass is 10.3. The highest BCUT2D eigenvalue weighted by Crippen LogP contribution is 2.32. The molecule has 3 heterocycles. The highest BCUT2D eigenvalue weighted by molar-refractivity contribution is 7.89. The maximum Gasteiger partial charge on any atom is 0.265 e. The molecule has 1 aromatic carbocycles. The van der Waals surface area contributed by atoms with Crippen LogP contribution < -0.4 is 0 Å². The number of amides is 1. The van der Waals surface area contributed by atoms with Crippen LogP contribution in [-0.4, -0.2) is 54.7 Å². The number of halogens is 3. The highest BCUT2D eigenvalue weighted by atomic mass is 32.2. The van der Waals surface area contributed by atoms with Crippen molar-refractivity contribution in [3.05, 3.63) is 57.7 Å². The van der Waals surface area contributed by atoms with Gasteiger partial charge in [0.1, 0.15) is 14.8 Å². The van der Waals surface area contributed by atoms with Crippen molar-refractivity contribution < 1.29 is 26.4 Å². The Morgan fingerprint density at radius 3 is 2.42 bits per heavy atom. The van der Waals surface area contributed by atoms with E-state index >= 15 is 0 Å². The smallest absolute Gasteiger partial charge is 0.265 e. The summed E-state index contributed by atoms with van der Waals surface area (Å²) in [6.45, 7) is 1.71. The number of carbonyl (C=O) groups excluding carboxylic acids is 1. The molecule has 164 valence electrons. The van der Waals surface area contributed by atoms with Crippen LogP contribution in [0.4, 0.5) is 13.2 Å². The molecule has 1 aliphatic heterocycles. The summed E-state index contributed by atoms with van der Waals surface area (Å²) in [5.74, 6) is -5.31. The van der Waals surface area contributed by atoms with Crippen molar-refractivity contribution in [2.75, 3.05) is 26.2 Å². The molecular formula is C19H16F3N3O3S3. The molecule has 0 unspecified atom stereocenters. The maximum atomic E-state index is 14.0. The van der Waals surface area contributed by atoms with E-state index in [2.05, 4.69) is 4.98 Å². The quantitative estimate of drug-likeness (QED) is 0.526. The first-order valence-corrected chi connectivity index (χ1v) is 12.3. The van der Waals surface area contributed by atoms with Crippen molar-refractivity contribution in [2.45, 2.75) is 11.8 Å². The fourth-order valence-electron chi connectivity index (χ4n) is 3.22. The van der Waals surface area contributed by atoms with Crippen LogP contribution in [0, 0.1) is 24.4 Å². The van der Waals surface area contributed by atoms with Crippen LogP contribution in [0.1, 0.15) is 15.4 Å². The zero-order chi connectivity index (χ0) is 22.3. The lowest BCUT2D eigenvalue weighted by Gasteiger charge is -2.33. The van der Waals surface area contributed by atoms with Gasteiger partial charge in [-0.2, -0.15) is 4.31 Å². The van der Waals surface area contributed by atoms with Gasteiger partial charge in [-0.15, -0.1) is 22.7 Å². The number of benzene rings is 1. The summed E-state index contributed by atoms with van der Waals surface area (Å²) in [6.07, 6.45) is 0. The summed E-state index contributed by atoms with van der Waals surface area (Å²) in [6, 6.07) is 5.09. The van der Waals surface area contributed by atoms with E-state index in [0.717, 1.165) is 14.2 Å². The van der Waals surface area contributed by atoms with Gasteiger partial charge in [0.05, 0.1) is 10.6 Å². The van der Waals surface area contributed by atoms with Crippen LogP contribution in [0.25, 0.3) is 9.88 Å². The van der Waals surface area contributed by atoms with Crippen LogP contribution in [0.5, 0.6) is 0 Å². The zero-order valence-electron chi connectivity index (χ0n) is 16.1. The largest absolute Gasteiger partial charge is 0.335 e. The second-order valence-electron chi connectivity index (χ2n) is 6.78. The number of carbonyl (C=O) groups is 1. The number of nitrogens with zero attached hydrogens (tertiary/aromatic N) is 3. The number of sulfonamides is 1. The monoisotopic (exact) mass is 487 g/mol. The van der Waals surface area contributed by atoms with Crippen molar-refractivity contribution in [1.29, 1.82) is 0 Å². The van der Waals surface area contributed by atoms with Gasteiger partial charge < -0.3 is 4.90 Å². The molecule has 0 atom stereocenters. The highest BCUT2D eigenvalue weighted by Gasteiger charge is 2.34. The second kappa shape index (κ2) is 8.34. The molecule has 2 aromatic heterocycles. The first-order chi connectivity index (χ1) is 14.7. The van der Waals surface area contributed by atoms with Crippen molar-refractivity contribution >= 4 is 38.6 Å². The average Bonchev–Trinajstić information content (AvgIpc) is 3.41. The third-order valence-corrected chi connectivity index (χ3v) is 8.97. The first-order valence-electron chi connectivity index (χ1n) is 9.14. The Balaban J connectivity index is 1.49. The SMILES string of the molecule is Cc1nc(-c2cccs2)sc1C(=O)N1CCN(S(=O)(=O)c2ccc(F)c(F)c2F)CC1. The van der Waals surface area contributed by atoms with Crippen LogP contribution in [0.2, 0.25) is 0 Å². The lowest BCUT2D eigenvalue weighted by Crippen LogP contribution is -2.50. The standard InChI is InChI=1S/C19H16F3N3O3S3/c1-11-17(30-18(23-11)13-3-2-10-29-13)19(26)24-6-8-25(9-7-24)31(27,28)14-5-4-12(20)15(21)16(14)22/h2-5,10H,6-9H2,1H3. The van der Waals surface area contributed by atoms with Crippen LogP contribution in [-0.2, 0) is 10.0 Å². The van der Waals surface area contributed by atoms with Gasteiger partial charge in [-0.1, -0.05) is 6.07 Å². The van der Waals surface area contributed by atoms with E-state index in [4.69, 9.17) is 0 Å². The molecule has 1 fully saturated rings. The minimum atomic E-state index is -4.37. The molecule has 0 spiro atoms. The molecule has 31 heavy (non-hydrogen) atoms. The summed E-state index contributed by atoms with van der Waals surface area (Å²) < 4.78 is 67.0. The molecule has 4 rings (SSSR count). The first kappa shape index (κ1) is 21.9. The van der Waals surface area contributed by atoms with E-state index < -0.39 is 32.4 Å². The van der Waals surface area contributed by atoms with E-state index in [1.165, 1.54) is 27.6 Å². The minimum Gasteiger partial charge on any atom is -0.335 e. The van der Waals surface area contributed by atoms with Gasteiger partial charge >= 0.3 is 0 Å². The third kappa shape index (κ3) is 4.00. The zero-order valence-corrected chi connectivity index (χ0v) is 18.6. The van der Waals surface area contributed by atoms with E-state index in [-0.39, 0.29) is 32.1 Å². The Bertz CT molecular complexity index is 1240. The molecule has 0 bridgehead atoms. The van der Waals surface area contributed by atoms with E-state index in [1.807, 2.05) is 17.5 Å². The number of hydrogen-bond acceptors (Lipinski definition) is 6. The number of thiophene rings is 1. The van der Waals surface area contributed by atoms with Gasteiger partial charge in [-0.3, -0.25) is 4.79 Å². The van der Waals surface area contributed by atoms with E-state index in [9.17, 15) is 26.4 Å². The molecule has 0 aliphatic carbocycles. The molecule has 6 nitrogen and oxygen atoms in total. The molecule has 1 amide bonds. The van der Waals surface area contributed by atoms with Crippen LogP contribution in [0.15, 0.2) is 34.5 Å². The van der Waals surface area contributed by atoms with Gasteiger partial charge in [-0.25, -0.2) is 26.6 Å². The summed E-state index contributed by atoms with van der Waals surface area (Å²) in [5.41, 5.74) is 0.595. The predicted octanol–water partition coefficient (Wildman–Crippen LogP) is 3.74. The van der Waals surface area contributed by atoms with Gasteiger partial charge in [-0.05, 0) is 30.5 Å². The lowest BCUT2D eigenvalue weighted by molar-refractivity contribution is 0.0701. The fourth-order valence-corrected chi connectivity index (χ4v) is 6.53. The summed E-state index contributed by atoms with van der Waals surface area (Å²) in [5, 5.41) is 2.66. The topological polar surface area (TPSA) is 70.6 Å². The molecule has 3 aromatic rings. The predicted molar refractivity (Wildman–Crippen MR) is 111 cm³/mol. The third-order valence-electron chi connectivity index (χ3n) is 4.87. The van der Waals surface area contributed by atoms with Gasteiger partial charge in [0.2, 0.25) is 10.0 Å². The second-order valence-corrected chi connectivity index (χ2v) is 10.6. The molecule has 0 N–H and O–H groups in total. The minimum absolute atomic E-state index is 0.0784. The number of hydrogen-bond donors (Lipinski definition) is 0. The van der Waals surface area contributed by atoms with Crippen molar-refractivity contribution in [3.8, 4) is 9.88 Å². The van der Waals surface area contributed by atoms with E-state index in [1.54, 1.807) is 6.92 Å². The van der Waals surface area contributed by atoms with Gasteiger partial charge in [0, 0.05) is 26.2 Å². The Hall–Kier alpha value is -2.28. The maximum absolute atomic E-state index is 14.0.